The first kappa shape index (κ1) is 14.7. The summed E-state index contributed by atoms with van der Waals surface area (Å²) in [4.78, 5) is 18.0. The molecule has 0 saturated carbocycles. The third-order valence-electron chi connectivity index (χ3n) is 3.98. The molecule has 0 spiro atoms. The van der Waals surface area contributed by atoms with Gasteiger partial charge in [-0.1, -0.05) is 11.2 Å². The summed E-state index contributed by atoms with van der Waals surface area (Å²) in [6.45, 7) is 2.78. The first-order chi connectivity index (χ1) is 10.6. The summed E-state index contributed by atoms with van der Waals surface area (Å²) in [6, 6.07) is 5.56. The maximum absolute atomic E-state index is 12.3. The second-order valence-corrected chi connectivity index (χ2v) is 5.80. The van der Waals surface area contributed by atoms with Gasteiger partial charge in [0.1, 0.15) is 5.76 Å². The third-order valence-corrected chi connectivity index (χ3v) is 3.98. The van der Waals surface area contributed by atoms with Gasteiger partial charge < -0.3 is 14.5 Å². The highest BCUT2D eigenvalue weighted by Crippen LogP contribution is 2.22. The van der Waals surface area contributed by atoms with Crippen LogP contribution < -0.4 is 0 Å². The Hall–Kier alpha value is -2.21. The van der Waals surface area contributed by atoms with Crippen molar-refractivity contribution in [3.05, 3.63) is 47.6 Å². The Labute approximate surface area is 128 Å². The number of aliphatic hydroxyl groups excluding tert-OH is 1. The Morgan fingerprint density at radius 3 is 3.05 bits per heavy atom. The van der Waals surface area contributed by atoms with Crippen LogP contribution in [0.5, 0.6) is 0 Å². The van der Waals surface area contributed by atoms with Crippen molar-refractivity contribution in [2.24, 2.45) is 5.92 Å². The number of nitrogens with zero attached hydrogens (tertiary/aromatic N) is 3. The Balaban J connectivity index is 1.59. The molecule has 1 aliphatic rings. The molecule has 2 aromatic heterocycles. The minimum atomic E-state index is -0.525. The number of hydrogen-bond acceptors (Lipinski definition) is 5. The predicted molar refractivity (Wildman–Crippen MR) is 79.0 cm³/mol. The molecule has 2 aromatic rings. The number of aliphatic hydroxyl groups is 1. The molecule has 116 valence electrons. The minimum Gasteiger partial charge on any atom is -0.391 e. The normalized spacial score (nSPS) is 21.3. The highest BCUT2D eigenvalue weighted by Gasteiger charge is 2.34. The van der Waals surface area contributed by atoms with Crippen LogP contribution in [0.2, 0.25) is 0 Å². The van der Waals surface area contributed by atoms with Crippen LogP contribution in [-0.2, 0) is 17.6 Å². The van der Waals surface area contributed by atoms with E-state index in [1.54, 1.807) is 17.3 Å². The molecule has 6 heteroatoms. The van der Waals surface area contributed by atoms with Crippen molar-refractivity contribution in [1.82, 2.24) is 15.0 Å². The summed E-state index contributed by atoms with van der Waals surface area (Å²) in [5.74, 6) is 0.761. The molecule has 0 bridgehead atoms. The summed E-state index contributed by atoms with van der Waals surface area (Å²) < 4.78 is 5.19. The zero-order valence-electron chi connectivity index (χ0n) is 12.5. The van der Waals surface area contributed by atoms with E-state index in [0.29, 0.717) is 25.9 Å². The maximum Gasteiger partial charge on any atom is 0.227 e. The first-order valence-electron chi connectivity index (χ1n) is 7.39. The van der Waals surface area contributed by atoms with Crippen LogP contribution in [0.3, 0.4) is 0 Å². The van der Waals surface area contributed by atoms with Gasteiger partial charge in [-0.15, -0.1) is 0 Å². The topological polar surface area (TPSA) is 79.5 Å². The number of hydrogen-bond donors (Lipinski definition) is 1. The van der Waals surface area contributed by atoms with E-state index in [4.69, 9.17) is 4.52 Å². The number of likely N-dealkylation sites (tertiary alicyclic amines) is 1. The van der Waals surface area contributed by atoms with E-state index in [-0.39, 0.29) is 11.8 Å². The molecule has 6 nitrogen and oxygen atoms in total. The smallest absolute Gasteiger partial charge is 0.227 e. The molecule has 0 radical (unpaired) electrons. The molecule has 0 unspecified atom stereocenters. The molecule has 3 heterocycles. The van der Waals surface area contributed by atoms with Gasteiger partial charge in [0.05, 0.1) is 18.2 Å². The van der Waals surface area contributed by atoms with Crippen LogP contribution in [0.25, 0.3) is 0 Å². The zero-order chi connectivity index (χ0) is 15.5. The average molecular weight is 301 g/mol. The Bertz CT molecular complexity index is 641. The van der Waals surface area contributed by atoms with Gasteiger partial charge in [-0.2, -0.15) is 0 Å². The maximum atomic E-state index is 12.3. The Kier molecular flexibility index (Phi) is 4.20. The van der Waals surface area contributed by atoms with Crippen molar-refractivity contribution < 1.29 is 14.4 Å². The quantitative estimate of drug-likeness (QED) is 0.910. The second-order valence-electron chi connectivity index (χ2n) is 5.80. The molecule has 1 N–H and O–H groups in total. The molecular formula is C16H19N3O3. The number of β-amino-alcohol motifs (C(OH)–C–C–N with tert-alkyl or cyclic N) is 1. The monoisotopic (exact) mass is 301 g/mol. The van der Waals surface area contributed by atoms with Crippen LogP contribution in [-0.4, -0.2) is 45.2 Å². The van der Waals surface area contributed by atoms with Crippen LogP contribution in [0.15, 0.2) is 35.1 Å². The van der Waals surface area contributed by atoms with Crippen molar-refractivity contribution in [3.8, 4) is 0 Å². The van der Waals surface area contributed by atoms with E-state index in [9.17, 15) is 9.90 Å². The number of amides is 1. The lowest BCUT2D eigenvalue weighted by Gasteiger charge is -2.15. The standard InChI is InChI=1S/C16H19N3O3/c1-11-5-14(22-18-11)7-13-9-19(10-15(13)20)16(21)6-12-3-2-4-17-8-12/h2-5,8,13,15,20H,6-7,9-10H2,1H3/t13-,15+/m1/s1. The zero-order valence-corrected chi connectivity index (χ0v) is 12.5. The van der Waals surface area contributed by atoms with Gasteiger partial charge in [-0.3, -0.25) is 9.78 Å². The Morgan fingerprint density at radius 1 is 1.50 bits per heavy atom. The van der Waals surface area contributed by atoms with Crippen molar-refractivity contribution in [3.63, 3.8) is 0 Å². The molecule has 0 aromatic carbocycles. The molecule has 2 atom stereocenters. The van der Waals surface area contributed by atoms with Gasteiger partial charge >= 0.3 is 0 Å². The molecule has 3 rings (SSSR count). The molecule has 1 fully saturated rings. The summed E-state index contributed by atoms with van der Waals surface area (Å²) in [5, 5.41) is 14.0. The number of carbonyl (C=O) groups excluding carboxylic acids is 1. The fourth-order valence-corrected chi connectivity index (χ4v) is 2.82. The van der Waals surface area contributed by atoms with Crippen LogP contribution in [0.4, 0.5) is 0 Å². The second kappa shape index (κ2) is 6.27. The van der Waals surface area contributed by atoms with Crippen molar-refractivity contribution >= 4 is 5.91 Å². The highest BCUT2D eigenvalue weighted by atomic mass is 16.5. The molecule has 22 heavy (non-hydrogen) atoms. The SMILES string of the molecule is Cc1cc(C[C@@H]2CN(C(=O)Cc3cccnc3)C[C@@H]2O)on1. The van der Waals surface area contributed by atoms with Crippen molar-refractivity contribution in [1.29, 1.82) is 0 Å². The van der Waals surface area contributed by atoms with Crippen LogP contribution >= 0.6 is 0 Å². The number of carbonyl (C=O) groups is 1. The van der Waals surface area contributed by atoms with Gasteiger partial charge in [-0.05, 0) is 18.6 Å². The lowest BCUT2D eigenvalue weighted by atomic mass is 10.0. The van der Waals surface area contributed by atoms with Gasteiger partial charge in [-0.25, -0.2) is 0 Å². The molecule has 1 aliphatic heterocycles. The lowest BCUT2D eigenvalue weighted by molar-refractivity contribution is -0.129. The van der Waals surface area contributed by atoms with Gasteiger partial charge in [0.15, 0.2) is 0 Å². The van der Waals surface area contributed by atoms with E-state index in [0.717, 1.165) is 17.0 Å². The number of rotatable bonds is 4. The number of aryl methyl sites for hydroxylation is 1. The van der Waals surface area contributed by atoms with Crippen molar-refractivity contribution in [2.75, 3.05) is 13.1 Å². The van der Waals surface area contributed by atoms with E-state index in [1.165, 1.54) is 0 Å². The summed E-state index contributed by atoms with van der Waals surface area (Å²) in [6.07, 6.45) is 3.76. The Morgan fingerprint density at radius 2 is 2.36 bits per heavy atom. The first-order valence-corrected chi connectivity index (χ1v) is 7.39. The lowest BCUT2D eigenvalue weighted by Crippen LogP contribution is -2.31. The average Bonchev–Trinajstić information content (AvgIpc) is 3.07. The number of pyridine rings is 1. The summed E-state index contributed by atoms with van der Waals surface area (Å²) in [5.41, 5.74) is 1.71. The van der Waals surface area contributed by atoms with E-state index < -0.39 is 6.10 Å². The van der Waals surface area contributed by atoms with Crippen LogP contribution in [0.1, 0.15) is 17.0 Å². The van der Waals surface area contributed by atoms with E-state index in [2.05, 4.69) is 10.1 Å². The fourth-order valence-electron chi connectivity index (χ4n) is 2.82. The number of aromatic nitrogens is 2. The molecule has 1 amide bonds. The molecule has 0 aliphatic carbocycles. The fraction of sp³-hybridized carbons (Fsp3) is 0.438. The largest absolute Gasteiger partial charge is 0.391 e. The van der Waals surface area contributed by atoms with Crippen molar-refractivity contribution in [2.45, 2.75) is 25.9 Å². The minimum absolute atomic E-state index is 0.00908. The summed E-state index contributed by atoms with van der Waals surface area (Å²) in [7, 11) is 0. The van der Waals surface area contributed by atoms with Gasteiger partial charge in [0.25, 0.3) is 0 Å². The van der Waals surface area contributed by atoms with Gasteiger partial charge in [0.2, 0.25) is 5.91 Å². The van der Waals surface area contributed by atoms with E-state index >= 15 is 0 Å². The summed E-state index contributed by atoms with van der Waals surface area (Å²) >= 11 is 0. The molecular weight excluding hydrogens is 282 g/mol. The van der Waals surface area contributed by atoms with Crippen LogP contribution in [0, 0.1) is 12.8 Å². The molecule has 1 saturated heterocycles. The van der Waals surface area contributed by atoms with Gasteiger partial charge in [0, 0.05) is 43.9 Å². The predicted octanol–water partition coefficient (Wildman–Crippen LogP) is 0.983. The highest BCUT2D eigenvalue weighted by molar-refractivity contribution is 5.79. The van der Waals surface area contributed by atoms with E-state index in [1.807, 2.05) is 25.1 Å². The third kappa shape index (κ3) is 3.33.